The zero-order valence-electron chi connectivity index (χ0n) is 15.2. The molecule has 119 valence electrons. The molecule has 2 nitrogen and oxygen atoms in total. The highest BCUT2D eigenvalue weighted by Gasteiger charge is 2.19. The summed E-state index contributed by atoms with van der Waals surface area (Å²) in [6.07, 6.45) is 4.87. The molecule has 1 unspecified atom stereocenters. The number of nitrogens with zero attached hydrogens (tertiary/aromatic N) is 1. The standard InChI is InChI=1S/C11H15BNO.C5H12.C2H6/c1-8(2)11(12-9(3)14)10-5-4-6-13-7-10;1-4-5(2)3;1-2/h4-8,11H,1-3H3;5H,4H2,1-3H3;1-2H3. The molecule has 1 aromatic heterocycles. The monoisotopic (exact) mass is 290 g/mol. The smallest absolute Gasteiger partial charge is 0.210 e. The molecule has 1 rings (SSSR count). The van der Waals surface area contributed by atoms with Crippen LogP contribution in [0.5, 0.6) is 0 Å². The van der Waals surface area contributed by atoms with Crippen LogP contribution in [0, 0.1) is 11.8 Å². The SMILES string of the molecule is CC.CC(=O)[B]C(c1cccnc1)C(C)C.CCC(C)C. The second-order valence-corrected chi connectivity index (χ2v) is 5.64. The lowest BCUT2D eigenvalue weighted by Gasteiger charge is -2.18. The fourth-order valence-corrected chi connectivity index (χ4v) is 1.50. The number of pyridine rings is 1. The van der Waals surface area contributed by atoms with E-state index in [1.807, 2.05) is 32.2 Å². The van der Waals surface area contributed by atoms with Gasteiger partial charge in [-0.3, -0.25) is 4.98 Å². The average molecular weight is 290 g/mol. The van der Waals surface area contributed by atoms with E-state index in [1.54, 1.807) is 20.4 Å². The second-order valence-electron chi connectivity index (χ2n) is 5.64. The van der Waals surface area contributed by atoms with Crippen molar-refractivity contribution in [3.63, 3.8) is 0 Å². The summed E-state index contributed by atoms with van der Waals surface area (Å²) >= 11 is 0. The zero-order chi connectivity index (χ0) is 16.8. The van der Waals surface area contributed by atoms with Gasteiger partial charge < -0.3 is 4.79 Å². The second kappa shape index (κ2) is 13.8. The maximum absolute atomic E-state index is 11.1. The minimum atomic E-state index is 0.118. The third kappa shape index (κ3) is 12.3. The molecule has 0 spiro atoms. The summed E-state index contributed by atoms with van der Waals surface area (Å²) in [5, 5.41) is 0. The molecule has 1 radical (unpaired) electrons. The van der Waals surface area contributed by atoms with E-state index in [9.17, 15) is 4.79 Å². The Hall–Kier alpha value is -1.12. The highest BCUT2D eigenvalue weighted by atomic mass is 16.1. The van der Waals surface area contributed by atoms with Gasteiger partial charge in [0.2, 0.25) is 7.28 Å². The van der Waals surface area contributed by atoms with Crippen LogP contribution in [0.15, 0.2) is 24.5 Å². The van der Waals surface area contributed by atoms with Crippen molar-refractivity contribution >= 4 is 13.0 Å². The topological polar surface area (TPSA) is 30.0 Å². The van der Waals surface area contributed by atoms with E-state index in [0.717, 1.165) is 11.5 Å². The van der Waals surface area contributed by atoms with Gasteiger partial charge in [0, 0.05) is 12.4 Å². The number of hydrogen-bond acceptors (Lipinski definition) is 2. The van der Waals surface area contributed by atoms with Gasteiger partial charge in [-0.2, -0.15) is 0 Å². The van der Waals surface area contributed by atoms with Gasteiger partial charge in [0.05, 0.1) is 5.68 Å². The lowest BCUT2D eigenvalue weighted by Crippen LogP contribution is -2.20. The first-order valence-corrected chi connectivity index (χ1v) is 8.13. The largest absolute Gasteiger partial charge is 0.312 e. The summed E-state index contributed by atoms with van der Waals surface area (Å²) in [7, 11) is 1.77. The molecular formula is C18H33BNO. The van der Waals surface area contributed by atoms with E-state index in [2.05, 4.69) is 39.6 Å². The fourth-order valence-electron chi connectivity index (χ4n) is 1.50. The lowest BCUT2D eigenvalue weighted by atomic mass is 9.55. The van der Waals surface area contributed by atoms with Crippen molar-refractivity contribution < 1.29 is 4.79 Å². The number of carbonyl (C=O) groups is 1. The van der Waals surface area contributed by atoms with Gasteiger partial charge in [0.25, 0.3) is 0 Å². The van der Waals surface area contributed by atoms with Crippen LogP contribution in [-0.4, -0.2) is 17.9 Å². The summed E-state index contributed by atoms with van der Waals surface area (Å²) in [6, 6.07) is 3.91. The lowest BCUT2D eigenvalue weighted by molar-refractivity contribution is -0.110. The van der Waals surface area contributed by atoms with Crippen molar-refractivity contribution in [2.75, 3.05) is 0 Å². The van der Waals surface area contributed by atoms with Crippen LogP contribution < -0.4 is 0 Å². The average Bonchev–Trinajstić information content (AvgIpc) is 2.48. The molecule has 1 aromatic rings. The van der Waals surface area contributed by atoms with Crippen molar-refractivity contribution in [3.8, 4) is 0 Å². The number of hydrogen-bond donors (Lipinski definition) is 0. The molecule has 0 N–H and O–H groups in total. The maximum Gasteiger partial charge on any atom is 0.210 e. The van der Waals surface area contributed by atoms with Gasteiger partial charge in [-0.1, -0.05) is 61.0 Å². The molecule has 0 aliphatic carbocycles. The van der Waals surface area contributed by atoms with E-state index >= 15 is 0 Å². The Morgan fingerprint density at radius 3 is 2.05 bits per heavy atom. The molecule has 0 aromatic carbocycles. The molecule has 0 saturated heterocycles. The summed E-state index contributed by atoms with van der Waals surface area (Å²) in [5.74, 6) is 1.49. The minimum Gasteiger partial charge on any atom is -0.312 e. The molecule has 21 heavy (non-hydrogen) atoms. The van der Waals surface area contributed by atoms with Crippen molar-refractivity contribution in [2.24, 2.45) is 11.8 Å². The van der Waals surface area contributed by atoms with E-state index in [0.29, 0.717) is 5.92 Å². The zero-order valence-corrected chi connectivity index (χ0v) is 15.2. The quantitative estimate of drug-likeness (QED) is 0.705. The van der Waals surface area contributed by atoms with Crippen molar-refractivity contribution in [1.29, 1.82) is 0 Å². The molecule has 1 atom stereocenters. The summed E-state index contributed by atoms with van der Waals surface area (Å²) < 4.78 is 0. The van der Waals surface area contributed by atoms with Crippen LogP contribution in [0.2, 0.25) is 0 Å². The summed E-state index contributed by atoms with van der Waals surface area (Å²) in [5.41, 5.74) is 1.23. The number of aromatic nitrogens is 1. The maximum atomic E-state index is 11.1. The van der Waals surface area contributed by atoms with Crippen LogP contribution in [0.25, 0.3) is 0 Å². The van der Waals surface area contributed by atoms with Crippen LogP contribution in [0.4, 0.5) is 0 Å². The molecule has 3 heteroatoms. The molecule has 0 bridgehead atoms. The number of carbonyl (C=O) groups excluding carboxylic acids is 1. The normalized spacial score (nSPS) is 11.0. The Morgan fingerprint density at radius 2 is 1.76 bits per heavy atom. The van der Waals surface area contributed by atoms with Gasteiger partial charge in [0.15, 0.2) is 0 Å². The van der Waals surface area contributed by atoms with Crippen LogP contribution in [0.1, 0.15) is 73.2 Å². The number of rotatable bonds is 5. The third-order valence-corrected chi connectivity index (χ3v) is 3.02. The Bertz CT molecular complexity index is 349. The minimum absolute atomic E-state index is 0.118. The molecule has 0 amide bonds. The molecule has 1 heterocycles. The predicted molar refractivity (Wildman–Crippen MR) is 94.7 cm³/mol. The van der Waals surface area contributed by atoms with Gasteiger partial charge in [-0.05, 0) is 36.2 Å². The first-order chi connectivity index (χ1) is 9.88. The Labute approximate surface area is 133 Å². The molecule has 0 aliphatic heterocycles. The van der Waals surface area contributed by atoms with Crippen LogP contribution in [0.3, 0.4) is 0 Å². The highest BCUT2D eigenvalue weighted by Crippen LogP contribution is 2.22. The van der Waals surface area contributed by atoms with Crippen LogP contribution >= 0.6 is 0 Å². The van der Waals surface area contributed by atoms with Crippen molar-refractivity contribution in [2.45, 2.75) is 67.6 Å². The van der Waals surface area contributed by atoms with E-state index in [4.69, 9.17) is 0 Å². The first kappa shape index (κ1) is 22.2. The summed E-state index contributed by atoms with van der Waals surface area (Å²) in [4.78, 5) is 15.1. The molecule has 0 fully saturated rings. The van der Waals surface area contributed by atoms with Crippen molar-refractivity contribution in [3.05, 3.63) is 30.1 Å². The highest BCUT2D eigenvalue weighted by molar-refractivity contribution is 6.74. The molecule has 0 aliphatic rings. The van der Waals surface area contributed by atoms with Gasteiger partial charge in [-0.15, -0.1) is 0 Å². The Morgan fingerprint density at radius 1 is 1.24 bits per heavy atom. The van der Waals surface area contributed by atoms with E-state index < -0.39 is 0 Å². The van der Waals surface area contributed by atoms with Crippen LogP contribution in [-0.2, 0) is 4.79 Å². The Balaban J connectivity index is 0. The Kier molecular flexibility index (Phi) is 14.6. The molecular weight excluding hydrogens is 257 g/mol. The van der Waals surface area contributed by atoms with Crippen molar-refractivity contribution in [1.82, 2.24) is 4.98 Å². The van der Waals surface area contributed by atoms with Gasteiger partial charge in [0.1, 0.15) is 0 Å². The fraction of sp³-hybridized carbons (Fsp3) is 0.667. The van der Waals surface area contributed by atoms with E-state index in [1.165, 1.54) is 6.42 Å². The third-order valence-electron chi connectivity index (χ3n) is 3.02. The van der Waals surface area contributed by atoms with Gasteiger partial charge in [-0.25, -0.2) is 0 Å². The summed E-state index contributed by atoms with van der Waals surface area (Å²) in [6.45, 7) is 16.4. The molecule has 0 saturated carbocycles. The first-order valence-electron chi connectivity index (χ1n) is 8.13. The van der Waals surface area contributed by atoms with E-state index in [-0.39, 0.29) is 11.5 Å². The predicted octanol–water partition coefficient (Wildman–Crippen LogP) is 5.11. The van der Waals surface area contributed by atoms with Gasteiger partial charge >= 0.3 is 0 Å².